The first-order chi connectivity index (χ1) is 9.19. The van der Waals surface area contributed by atoms with Gasteiger partial charge in [-0.3, -0.25) is 4.79 Å². The average Bonchev–Trinajstić information content (AvgIpc) is 2.86. The summed E-state index contributed by atoms with van der Waals surface area (Å²) in [5, 5.41) is 9.25. The number of carbonyl (C=O) groups excluding carboxylic acids is 1. The number of nitriles is 1. The van der Waals surface area contributed by atoms with Gasteiger partial charge in [0, 0.05) is 5.56 Å². The van der Waals surface area contributed by atoms with Crippen molar-refractivity contribution in [2.75, 3.05) is 7.11 Å². The van der Waals surface area contributed by atoms with Crippen LogP contribution in [0.5, 0.6) is 5.75 Å². The van der Waals surface area contributed by atoms with Crippen molar-refractivity contribution in [2.45, 2.75) is 5.92 Å². The van der Waals surface area contributed by atoms with Gasteiger partial charge < -0.3 is 9.15 Å². The summed E-state index contributed by atoms with van der Waals surface area (Å²) < 4.78 is 10.0. The zero-order chi connectivity index (χ0) is 13.8. The summed E-state index contributed by atoms with van der Waals surface area (Å²) in [5.41, 5.74) is 0.703. The number of hydrogen-bond donors (Lipinski definition) is 0. The molecule has 0 aliphatic carbocycles. The van der Waals surface area contributed by atoms with Crippen LogP contribution >= 0.6 is 11.6 Å². The molecular formula is C14H10ClNO3. The highest BCUT2D eigenvalue weighted by atomic mass is 35.5. The first-order valence-electron chi connectivity index (χ1n) is 5.48. The van der Waals surface area contributed by atoms with Crippen LogP contribution in [0, 0.1) is 11.3 Å². The first kappa shape index (κ1) is 13.2. The fourth-order valence-corrected chi connectivity index (χ4v) is 2.01. The van der Waals surface area contributed by atoms with E-state index >= 15 is 0 Å². The number of benzene rings is 1. The lowest BCUT2D eigenvalue weighted by atomic mass is 9.92. The Bertz CT molecular complexity index is 642. The molecule has 1 heterocycles. The summed E-state index contributed by atoms with van der Waals surface area (Å²) in [5.74, 6) is -0.904. The number of nitrogens with zero attached hydrogens (tertiary/aromatic N) is 1. The minimum Gasteiger partial charge on any atom is -0.496 e. The molecule has 4 nitrogen and oxygen atoms in total. The number of rotatable bonds is 4. The standard InChI is InChI=1S/C14H10ClNO3/c1-18-12-5-3-2-4-9(12)11(8-16)13(17)10-6-7-19-14(10)15/h2-7,11H,1H3. The molecule has 96 valence electrons. The molecule has 0 radical (unpaired) electrons. The highest BCUT2D eigenvalue weighted by Crippen LogP contribution is 2.30. The summed E-state index contributed by atoms with van der Waals surface area (Å²) in [6, 6.07) is 10.3. The number of para-hydroxylation sites is 1. The Morgan fingerprint density at radius 2 is 2.16 bits per heavy atom. The number of hydrogen-bond acceptors (Lipinski definition) is 4. The number of Topliss-reactive ketones (excluding diaryl/α,β-unsaturated/α-hetero) is 1. The minimum atomic E-state index is -0.980. The van der Waals surface area contributed by atoms with E-state index in [0.717, 1.165) is 0 Å². The van der Waals surface area contributed by atoms with Crippen molar-refractivity contribution >= 4 is 17.4 Å². The monoisotopic (exact) mass is 275 g/mol. The molecule has 0 aliphatic heterocycles. The molecule has 0 aliphatic rings. The van der Waals surface area contributed by atoms with Gasteiger partial charge in [0.1, 0.15) is 11.7 Å². The molecule has 0 fully saturated rings. The smallest absolute Gasteiger partial charge is 0.203 e. The van der Waals surface area contributed by atoms with E-state index in [2.05, 4.69) is 0 Å². The van der Waals surface area contributed by atoms with Gasteiger partial charge in [0.05, 0.1) is 25.0 Å². The van der Waals surface area contributed by atoms with Gasteiger partial charge in [0.15, 0.2) is 5.78 Å². The average molecular weight is 276 g/mol. The molecule has 0 N–H and O–H groups in total. The predicted molar refractivity (Wildman–Crippen MR) is 69.4 cm³/mol. The molecule has 0 spiro atoms. The highest BCUT2D eigenvalue weighted by molar-refractivity contribution is 6.32. The van der Waals surface area contributed by atoms with Gasteiger partial charge >= 0.3 is 0 Å². The minimum absolute atomic E-state index is 0.0138. The fraction of sp³-hybridized carbons (Fsp3) is 0.143. The number of ketones is 1. The summed E-state index contributed by atoms with van der Waals surface area (Å²) in [7, 11) is 1.49. The summed E-state index contributed by atoms with van der Waals surface area (Å²) >= 11 is 5.77. The SMILES string of the molecule is COc1ccccc1C(C#N)C(=O)c1ccoc1Cl. The van der Waals surface area contributed by atoms with Crippen LogP contribution in [0.2, 0.25) is 5.22 Å². The molecule has 2 rings (SSSR count). The van der Waals surface area contributed by atoms with E-state index in [1.54, 1.807) is 24.3 Å². The van der Waals surface area contributed by atoms with Crippen molar-refractivity contribution < 1.29 is 13.9 Å². The topological polar surface area (TPSA) is 63.2 Å². The zero-order valence-corrected chi connectivity index (χ0v) is 10.8. The Morgan fingerprint density at radius 1 is 1.42 bits per heavy atom. The molecule has 5 heteroatoms. The zero-order valence-electron chi connectivity index (χ0n) is 10.1. The Labute approximate surface area is 115 Å². The third kappa shape index (κ3) is 2.47. The van der Waals surface area contributed by atoms with E-state index in [1.807, 2.05) is 6.07 Å². The number of ether oxygens (including phenoxy) is 1. The predicted octanol–water partition coefficient (Wildman–Crippen LogP) is 3.43. The van der Waals surface area contributed by atoms with Crippen LogP contribution in [0.25, 0.3) is 0 Å². The molecule has 1 aromatic carbocycles. The van der Waals surface area contributed by atoms with Crippen LogP contribution in [-0.4, -0.2) is 12.9 Å². The lowest BCUT2D eigenvalue weighted by molar-refractivity contribution is 0.0977. The second-order valence-corrected chi connectivity index (χ2v) is 4.12. The Hall–Kier alpha value is -2.25. The largest absolute Gasteiger partial charge is 0.496 e. The maximum Gasteiger partial charge on any atom is 0.203 e. The second kappa shape index (κ2) is 5.59. The Morgan fingerprint density at radius 3 is 2.74 bits per heavy atom. The first-order valence-corrected chi connectivity index (χ1v) is 5.86. The molecule has 0 bridgehead atoms. The van der Waals surface area contributed by atoms with E-state index in [9.17, 15) is 10.1 Å². The number of carbonyl (C=O) groups is 1. The number of furan rings is 1. The van der Waals surface area contributed by atoms with Gasteiger partial charge in [-0.2, -0.15) is 5.26 Å². The van der Waals surface area contributed by atoms with Crippen LogP contribution in [0.4, 0.5) is 0 Å². The third-order valence-electron chi connectivity index (χ3n) is 2.72. The van der Waals surface area contributed by atoms with Gasteiger partial charge in [0.25, 0.3) is 0 Å². The molecular weight excluding hydrogens is 266 g/mol. The van der Waals surface area contributed by atoms with E-state index < -0.39 is 11.7 Å². The van der Waals surface area contributed by atoms with Crippen LogP contribution in [0.3, 0.4) is 0 Å². The molecule has 0 saturated carbocycles. The maximum absolute atomic E-state index is 12.3. The van der Waals surface area contributed by atoms with Crippen molar-refractivity contribution in [3.8, 4) is 11.8 Å². The van der Waals surface area contributed by atoms with Gasteiger partial charge in [0.2, 0.25) is 5.22 Å². The Kier molecular flexibility index (Phi) is 3.88. The lowest BCUT2D eigenvalue weighted by Gasteiger charge is -2.11. The van der Waals surface area contributed by atoms with Crippen LogP contribution in [-0.2, 0) is 0 Å². The molecule has 0 amide bonds. The molecule has 1 atom stereocenters. The van der Waals surface area contributed by atoms with Crippen molar-refractivity contribution in [1.29, 1.82) is 5.26 Å². The van der Waals surface area contributed by atoms with Gasteiger partial charge in [-0.25, -0.2) is 0 Å². The van der Waals surface area contributed by atoms with Crippen LogP contribution in [0.15, 0.2) is 41.0 Å². The fourth-order valence-electron chi connectivity index (χ4n) is 1.80. The van der Waals surface area contributed by atoms with Crippen molar-refractivity contribution in [1.82, 2.24) is 0 Å². The summed E-state index contributed by atoms with van der Waals surface area (Å²) in [4.78, 5) is 12.3. The molecule has 1 unspecified atom stereocenters. The maximum atomic E-state index is 12.3. The number of halogens is 1. The van der Waals surface area contributed by atoms with Crippen LogP contribution < -0.4 is 4.74 Å². The normalized spacial score (nSPS) is 11.6. The van der Waals surface area contributed by atoms with Gasteiger partial charge in [-0.1, -0.05) is 18.2 Å². The van der Waals surface area contributed by atoms with Gasteiger partial charge in [-0.05, 0) is 23.7 Å². The van der Waals surface area contributed by atoms with E-state index in [1.165, 1.54) is 19.4 Å². The molecule has 1 aromatic heterocycles. The molecule has 19 heavy (non-hydrogen) atoms. The van der Waals surface area contributed by atoms with E-state index in [-0.39, 0.29) is 10.8 Å². The Balaban J connectivity index is 2.44. The van der Waals surface area contributed by atoms with Gasteiger partial charge in [-0.15, -0.1) is 0 Å². The summed E-state index contributed by atoms with van der Waals surface area (Å²) in [6.45, 7) is 0. The van der Waals surface area contributed by atoms with Crippen molar-refractivity contribution in [3.63, 3.8) is 0 Å². The third-order valence-corrected chi connectivity index (χ3v) is 3.02. The number of methoxy groups -OCH3 is 1. The van der Waals surface area contributed by atoms with E-state index in [4.69, 9.17) is 20.8 Å². The molecule has 2 aromatic rings. The van der Waals surface area contributed by atoms with E-state index in [0.29, 0.717) is 11.3 Å². The quantitative estimate of drug-likeness (QED) is 0.802. The van der Waals surface area contributed by atoms with Crippen molar-refractivity contribution in [2.24, 2.45) is 0 Å². The lowest BCUT2D eigenvalue weighted by Crippen LogP contribution is -2.12. The van der Waals surface area contributed by atoms with Crippen LogP contribution in [0.1, 0.15) is 21.8 Å². The highest BCUT2D eigenvalue weighted by Gasteiger charge is 2.27. The van der Waals surface area contributed by atoms with Crippen molar-refractivity contribution in [3.05, 3.63) is 52.9 Å². The second-order valence-electron chi connectivity index (χ2n) is 3.78. The summed E-state index contributed by atoms with van der Waals surface area (Å²) in [6.07, 6.45) is 1.31. The molecule has 0 saturated heterocycles.